The lowest BCUT2D eigenvalue weighted by molar-refractivity contribution is 0.102. The van der Waals surface area contributed by atoms with E-state index in [1.165, 1.54) is 0 Å². The first-order chi connectivity index (χ1) is 7.65. The normalized spacial score (nSPS) is 10.1. The van der Waals surface area contributed by atoms with Crippen LogP contribution in [0, 0.1) is 0 Å². The van der Waals surface area contributed by atoms with E-state index in [1.807, 2.05) is 0 Å². The molecule has 0 fully saturated rings. The van der Waals surface area contributed by atoms with E-state index in [-0.39, 0.29) is 5.91 Å². The summed E-state index contributed by atoms with van der Waals surface area (Å²) in [4.78, 5) is 14.5. The maximum atomic E-state index is 11.7. The number of aromatic nitrogens is 1. The molecule has 82 valence electrons. The fourth-order valence-electron chi connectivity index (χ4n) is 1.31. The first-order valence-corrected chi connectivity index (χ1v) is 5.04. The van der Waals surface area contributed by atoms with Crippen molar-refractivity contribution in [3.63, 3.8) is 0 Å². The first-order valence-electron chi connectivity index (χ1n) is 4.66. The number of anilines is 2. The highest BCUT2D eigenvalue weighted by Gasteiger charge is 2.07. The van der Waals surface area contributed by atoms with Crippen molar-refractivity contribution < 1.29 is 4.79 Å². The number of rotatable bonds is 2. The van der Waals surface area contributed by atoms with Crippen LogP contribution in [0.1, 0.15) is 10.5 Å². The predicted octanol–water partition coefficient (Wildman–Crippen LogP) is 2.50. The molecule has 4 nitrogen and oxygen atoms in total. The molecule has 1 amide bonds. The van der Waals surface area contributed by atoms with Crippen LogP contribution in [0.5, 0.6) is 0 Å². The molecular formula is C11H10ClN3O. The molecule has 0 bridgehead atoms. The van der Waals surface area contributed by atoms with Gasteiger partial charge in [-0.15, -0.1) is 0 Å². The molecule has 1 aromatic heterocycles. The van der Waals surface area contributed by atoms with E-state index in [4.69, 9.17) is 17.3 Å². The van der Waals surface area contributed by atoms with Gasteiger partial charge in [0.15, 0.2) is 0 Å². The lowest BCUT2D eigenvalue weighted by atomic mass is 10.3. The molecule has 0 spiro atoms. The Morgan fingerprint density at radius 2 is 2.19 bits per heavy atom. The second-order valence-electron chi connectivity index (χ2n) is 3.31. The molecule has 0 unspecified atom stereocenters. The molecule has 0 atom stereocenters. The summed E-state index contributed by atoms with van der Waals surface area (Å²) >= 11 is 5.70. The third kappa shape index (κ3) is 2.35. The molecule has 1 heterocycles. The average Bonchev–Trinajstić information content (AvgIpc) is 2.65. The highest BCUT2D eigenvalue weighted by molar-refractivity contribution is 6.31. The monoisotopic (exact) mass is 235 g/mol. The van der Waals surface area contributed by atoms with Crippen LogP contribution in [-0.4, -0.2) is 10.9 Å². The average molecular weight is 236 g/mol. The molecule has 0 aliphatic rings. The molecule has 16 heavy (non-hydrogen) atoms. The van der Waals surface area contributed by atoms with E-state index in [0.717, 1.165) is 0 Å². The van der Waals surface area contributed by atoms with Crippen LogP contribution in [0.2, 0.25) is 5.02 Å². The molecular weight excluding hydrogens is 226 g/mol. The van der Waals surface area contributed by atoms with Gasteiger partial charge in [0.25, 0.3) is 5.91 Å². The van der Waals surface area contributed by atoms with Gasteiger partial charge in [0.1, 0.15) is 5.69 Å². The Morgan fingerprint density at radius 1 is 1.38 bits per heavy atom. The number of H-pyrrole nitrogens is 1. The second kappa shape index (κ2) is 4.28. The van der Waals surface area contributed by atoms with Gasteiger partial charge in [-0.2, -0.15) is 0 Å². The van der Waals surface area contributed by atoms with Gasteiger partial charge >= 0.3 is 0 Å². The largest absolute Gasteiger partial charge is 0.399 e. The van der Waals surface area contributed by atoms with Gasteiger partial charge in [0, 0.05) is 17.6 Å². The van der Waals surface area contributed by atoms with Crippen molar-refractivity contribution in [1.82, 2.24) is 4.98 Å². The zero-order valence-electron chi connectivity index (χ0n) is 8.33. The molecule has 0 radical (unpaired) electrons. The lowest BCUT2D eigenvalue weighted by Crippen LogP contribution is -2.12. The van der Waals surface area contributed by atoms with E-state index in [0.29, 0.717) is 22.1 Å². The van der Waals surface area contributed by atoms with Gasteiger partial charge < -0.3 is 16.0 Å². The van der Waals surface area contributed by atoms with Crippen LogP contribution < -0.4 is 11.1 Å². The predicted molar refractivity (Wildman–Crippen MR) is 64.6 cm³/mol. The third-order valence-electron chi connectivity index (χ3n) is 2.04. The Labute approximate surface area is 97.4 Å². The quantitative estimate of drug-likeness (QED) is 0.700. The fourth-order valence-corrected chi connectivity index (χ4v) is 1.48. The van der Waals surface area contributed by atoms with E-state index >= 15 is 0 Å². The second-order valence-corrected chi connectivity index (χ2v) is 3.75. The zero-order valence-corrected chi connectivity index (χ0v) is 9.08. The van der Waals surface area contributed by atoms with Gasteiger partial charge in [-0.25, -0.2) is 0 Å². The third-order valence-corrected chi connectivity index (χ3v) is 2.26. The number of amides is 1. The van der Waals surface area contributed by atoms with Crippen LogP contribution in [-0.2, 0) is 0 Å². The van der Waals surface area contributed by atoms with E-state index < -0.39 is 0 Å². The molecule has 0 aliphatic heterocycles. The summed E-state index contributed by atoms with van der Waals surface area (Å²) in [5.41, 5.74) is 7.25. The summed E-state index contributed by atoms with van der Waals surface area (Å²) in [6, 6.07) is 8.53. The van der Waals surface area contributed by atoms with Crippen molar-refractivity contribution in [2.75, 3.05) is 11.1 Å². The van der Waals surface area contributed by atoms with Gasteiger partial charge in [-0.05, 0) is 24.3 Å². The Bertz CT molecular complexity index is 521. The van der Waals surface area contributed by atoms with Crippen LogP contribution in [0.3, 0.4) is 0 Å². The minimum Gasteiger partial charge on any atom is -0.399 e. The van der Waals surface area contributed by atoms with Crippen molar-refractivity contribution in [2.24, 2.45) is 0 Å². The number of nitrogens with two attached hydrogens (primary N) is 1. The van der Waals surface area contributed by atoms with Gasteiger partial charge in [-0.3, -0.25) is 4.79 Å². The minimum absolute atomic E-state index is 0.252. The molecule has 0 saturated heterocycles. The van der Waals surface area contributed by atoms with Crippen molar-refractivity contribution in [1.29, 1.82) is 0 Å². The number of nitrogen functional groups attached to an aromatic ring is 1. The number of nitrogens with one attached hydrogen (secondary N) is 2. The number of aromatic amines is 1. The Kier molecular flexibility index (Phi) is 2.83. The Balaban J connectivity index is 2.13. The summed E-state index contributed by atoms with van der Waals surface area (Å²) in [5, 5.41) is 3.20. The minimum atomic E-state index is -0.252. The molecule has 1 aromatic carbocycles. The maximum Gasteiger partial charge on any atom is 0.272 e. The lowest BCUT2D eigenvalue weighted by Gasteiger charge is -2.03. The Hall–Kier alpha value is -1.94. The van der Waals surface area contributed by atoms with Crippen LogP contribution >= 0.6 is 11.6 Å². The van der Waals surface area contributed by atoms with Crippen molar-refractivity contribution in [2.45, 2.75) is 0 Å². The first kappa shape index (κ1) is 10.6. The number of carbonyl (C=O) groups excluding carboxylic acids is 1. The Morgan fingerprint density at radius 3 is 2.81 bits per heavy atom. The van der Waals surface area contributed by atoms with Crippen LogP contribution in [0.25, 0.3) is 0 Å². The van der Waals surface area contributed by atoms with Crippen LogP contribution in [0.4, 0.5) is 11.4 Å². The number of halogens is 1. The van der Waals surface area contributed by atoms with Crippen molar-refractivity contribution >= 4 is 28.9 Å². The molecule has 0 aliphatic carbocycles. The number of carbonyl (C=O) groups is 1. The molecule has 0 saturated carbocycles. The SMILES string of the molecule is Nc1cccc(NC(=O)c2cc(Cl)c[nH]2)c1. The highest BCUT2D eigenvalue weighted by atomic mass is 35.5. The summed E-state index contributed by atoms with van der Waals surface area (Å²) in [7, 11) is 0. The summed E-state index contributed by atoms with van der Waals surface area (Å²) in [6.45, 7) is 0. The molecule has 2 aromatic rings. The number of hydrogen-bond donors (Lipinski definition) is 3. The topological polar surface area (TPSA) is 70.9 Å². The van der Waals surface area contributed by atoms with Crippen molar-refractivity contribution in [3.8, 4) is 0 Å². The maximum absolute atomic E-state index is 11.7. The van der Waals surface area contributed by atoms with Gasteiger partial charge in [0.2, 0.25) is 0 Å². The molecule has 5 heteroatoms. The summed E-state index contributed by atoms with van der Waals surface area (Å²) in [5.74, 6) is -0.252. The van der Waals surface area contributed by atoms with E-state index in [2.05, 4.69) is 10.3 Å². The van der Waals surface area contributed by atoms with Gasteiger partial charge in [-0.1, -0.05) is 17.7 Å². The highest BCUT2D eigenvalue weighted by Crippen LogP contribution is 2.14. The van der Waals surface area contributed by atoms with E-state index in [9.17, 15) is 4.79 Å². The summed E-state index contributed by atoms with van der Waals surface area (Å²) < 4.78 is 0. The van der Waals surface area contributed by atoms with E-state index in [1.54, 1.807) is 36.5 Å². The fraction of sp³-hybridized carbons (Fsp3) is 0. The van der Waals surface area contributed by atoms with Crippen LogP contribution in [0.15, 0.2) is 36.5 Å². The number of hydrogen-bond acceptors (Lipinski definition) is 2. The zero-order chi connectivity index (χ0) is 11.5. The molecule has 4 N–H and O–H groups in total. The number of benzene rings is 1. The molecule has 2 rings (SSSR count). The van der Waals surface area contributed by atoms with Crippen molar-refractivity contribution in [3.05, 3.63) is 47.2 Å². The standard InChI is InChI=1S/C11H10ClN3O/c12-7-4-10(14-6-7)11(16)15-9-3-1-2-8(13)5-9/h1-6,14H,13H2,(H,15,16). The smallest absolute Gasteiger partial charge is 0.272 e. The van der Waals surface area contributed by atoms with Gasteiger partial charge in [0.05, 0.1) is 5.02 Å². The summed E-state index contributed by atoms with van der Waals surface area (Å²) in [6.07, 6.45) is 1.55.